The average molecular weight is 445 g/mol. The van der Waals surface area contributed by atoms with Crippen LogP contribution in [0, 0.1) is 0 Å². The van der Waals surface area contributed by atoms with Crippen LogP contribution in [0.1, 0.15) is 15.9 Å². The zero-order chi connectivity index (χ0) is 21.5. The molecule has 1 heterocycles. The Morgan fingerprint density at radius 1 is 0.774 bits per heavy atom. The fourth-order valence-corrected chi connectivity index (χ4v) is 4.79. The van der Waals surface area contributed by atoms with E-state index in [1.165, 1.54) is 0 Å². The van der Waals surface area contributed by atoms with Crippen LogP contribution in [0.25, 0.3) is 32.9 Å². The van der Waals surface area contributed by atoms with Crippen LogP contribution in [0.5, 0.6) is 0 Å². The minimum absolute atomic E-state index is 0.442. The molecule has 152 valence electrons. The highest BCUT2D eigenvalue weighted by Gasteiger charge is 2.17. The van der Waals surface area contributed by atoms with Gasteiger partial charge in [0.05, 0.1) is 11.0 Å². The number of carbonyl (C=O) groups excluding carboxylic acids is 1. The number of primary amides is 1. The van der Waals surface area contributed by atoms with Gasteiger partial charge in [-0.05, 0) is 53.1 Å². The van der Waals surface area contributed by atoms with Gasteiger partial charge in [0.2, 0.25) is 5.91 Å². The van der Waals surface area contributed by atoms with Crippen LogP contribution in [0.2, 0.25) is 10.0 Å². The summed E-state index contributed by atoms with van der Waals surface area (Å²) in [5, 5.41) is 3.02. The van der Waals surface area contributed by atoms with Crippen LogP contribution in [0.15, 0.2) is 84.9 Å². The summed E-state index contributed by atoms with van der Waals surface area (Å²) in [5.74, 6) is -0.442. The lowest BCUT2D eigenvalue weighted by molar-refractivity contribution is 0.100. The third-order valence-corrected chi connectivity index (χ3v) is 5.96. The molecule has 4 aromatic carbocycles. The molecule has 0 atom stereocenters. The predicted molar refractivity (Wildman–Crippen MR) is 129 cm³/mol. The van der Waals surface area contributed by atoms with E-state index in [9.17, 15) is 4.79 Å². The molecule has 0 aliphatic heterocycles. The number of hydrogen-bond donors (Lipinski definition) is 1. The van der Waals surface area contributed by atoms with Crippen molar-refractivity contribution in [1.82, 2.24) is 4.57 Å². The summed E-state index contributed by atoms with van der Waals surface area (Å²) < 4.78 is 2.19. The summed E-state index contributed by atoms with van der Waals surface area (Å²) in [6.45, 7) is 0.556. The second-order valence-corrected chi connectivity index (χ2v) is 8.40. The number of hydrogen-bond acceptors (Lipinski definition) is 1. The molecule has 0 spiro atoms. The second-order valence-electron chi connectivity index (χ2n) is 7.53. The Bertz CT molecular complexity index is 1440. The zero-order valence-electron chi connectivity index (χ0n) is 16.5. The van der Waals surface area contributed by atoms with Crippen LogP contribution in [-0.4, -0.2) is 10.5 Å². The van der Waals surface area contributed by atoms with Crippen LogP contribution in [0.4, 0.5) is 0 Å². The van der Waals surface area contributed by atoms with E-state index in [0.717, 1.165) is 38.5 Å². The van der Waals surface area contributed by atoms with Gasteiger partial charge in [-0.3, -0.25) is 4.79 Å². The molecule has 5 heteroatoms. The van der Waals surface area contributed by atoms with Crippen LogP contribution in [0.3, 0.4) is 0 Å². The van der Waals surface area contributed by atoms with Crippen molar-refractivity contribution in [2.24, 2.45) is 5.73 Å². The van der Waals surface area contributed by atoms with Gasteiger partial charge < -0.3 is 10.3 Å². The van der Waals surface area contributed by atoms with Crippen molar-refractivity contribution in [1.29, 1.82) is 0 Å². The number of rotatable bonds is 4. The van der Waals surface area contributed by atoms with Crippen molar-refractivity contribution in [3.05, 3.63) is 106 Å². The lowest BCUT2D eigenvalue weighted by atomic mass is 10.0. The maximum Gasteiger partial charge on any atom is 0.249 e. The maximum absolute atomic E-state index is 12.2. The normalized spacial score (nSPS) is 11.3. The Labute approximate surface area is 189 Å². The monoisotopic (exact) mass is 444 g/mol. The van der Waals surface area contributed by atoms with Gasteiger partial charge in [-0.25, -0.2) is 0 Å². The first-order chi connectivity index (χ1) is 15.0. The minimum Gasteiger partial charge on any atom is -0.366 e. The summed E-state index contributed by atoms with van der Waals surface area (Å²) in [6.07, 6.45) is 0. The van der Waals surface area contributed by atoms with Gasteiger partial charge in [-0.1, -0.05) is 71.7 Å². The van der Waals surface area contributed by atoms with Gasteiger partial charge in [0.1, 0.15) is 0 Å². The molecule has 5 aromatic rings. The Balaban J connectivity index is 1.81. The molecule has 1 aromatic heterocycles. The molecule has 0 bridgehead atoms. The van der Waals surface area contributed by atoms with E-state index in [1.54, 1.807) is 12.1 Å². The van der Waals surface area contributed by atoms with Gasteiger partial charge in [0, 0.05) is 32.9 Å². The topological polar surface area (TPSA) is 48.0 Å². The van der Waals surface area contributed by atoms with E-state index in [1.807, 2.05) is 42.5 Å². The Morgan fingerprint density at radius 3 is 2.23 bits per heavy atom. The van der Waals surface area contributed by atoms with Crippen LogP contribution >= 0.6 is 23.2 Å². The number of carbonyl (C=O) groups is 1. The predicted octanol–water partition coefficient (Wildman–Crippen LogP) is 6.92. The first kappa shape index (κ1) is 19.7. The molecule has 3 nitrogen and oxygen atoms in total. The number of nitrogens with zero attached hydrogens (tertiary/aromatic N) is 1. The van der Waals surface area contributed by atoms with E-state index >= 15 is 0 Å². The fourth-order valence-electron chi connectivity index (χ4n) is 4.21. The molecule has 0 unspecified atom stereocenters. The van der Waals surface area contributed by atoms with E-state index in [2.05, 4.69) is 34.9 Å². The van der Waals surface area contributed by atoms with Crippen molar-refractivity contribution in [3.63, 3.8) is 0 Å². The van der Waals surface area contributed by atoms with Crippen molar-refractivity contribution in [2.75, 3.05) is 0 Å². The lowest BCUT2D eigenvalue weighted by Crippen LogP contribution is -2.11. The van der Waals surface area contributed by atoms with Gasteiger partial charge in [-0.15, -0.1) is 0 Å². The highest BCUT2D eigenvalue weighted by atomic mass is 35.5. The fraction of sp³-hybridized carbons (Fsp3) is 0.0385. The molecule has 31 heavy (non-hydrogen) atoms. The summed E-state index contributed by atoms with van der Waals surface area (Å²) >= 11 is 12.5. The molecule has 5 rings (SSSR count). The third-order valence-electron chi connectivity index (χ3n) is 5.53. The first-order valence-electron chi connectivity index (χ1n) is 9.86. The van der Waals surface area contributed by atoms with Crippen molar-refractivity contribution >= 4 is 50.9 Å². The molecule has 0 saturated carbocycles. The van der Waals surface area contributed by atoms with Crippen LogP contribution < -0.4 is 5.73 Å². The van der Waals surface area contributed by atoms with Crippen molar-refractivity contribution < 1.29 is 4.79 Å². The number of aromatic nitrogens is 1. The largest absolute Gasteiger partial charge is 0.366 e. The maximum atomic E-state index is 12.2. The molecule has 0 radical (unpaired) electrons. The highest BCUT2D eigenvalue weighted by molar-refractivity contribution is 6.34. The molecule has 2 N–H and O–H groups in total. The molecule has 0 aliphatic rings. The van der Waals surface area contributed by atoms with Gasteiger partial charge in [0.25, 0.3) is 0 Å². The van der Waals surface area contributed by atoms with E-state index in [-0.39, 0.29) is 0 Å². The number of fused-ring (bicyclic) bond motifs is 3. The SMILES string of the molecule is NC(=O)c1cccc2c1c1ccc(-c3ccccc3)cc1n2Cc1cc(Cl)cc(Cl)c1. The standard InChI is InChI=1S/C26H18Cl2N2O/c27-19-11-16(12-20(28)14-19)15-30-23-8-4-7-22(26(29)31)25(23)21-10-9-18(13-24(21)30)17-5-2-1-3-6-17/h1-14H,15H2,(H2,29,31). The summed E-state index contributed by atoms with van der Waals surface area (Å²) in [6, 6.07) is 27.7. The number of benzene rings is 4. The Kier molecular flexibility index (Phi) is 4.93. The van der Waals surface area contributed by atoms with Gasteiger partial charge in [-0.2, -0.15) is 0 Å². The Hall–Kier alpha value is -3.27. The first-order valence-corrected chi connectivity index (χ1v) is 10.6. The summed E-state index contributed by atoms with van der Waals surface area (Å²) in [4.78, 5) is 12.2. The third kappa shape index (κ3) is 3.56. The van der Waals surface area contributed by atoms with Crippen molar-refractivity contribution in [2.45, 2.75) is 6.54 Å². The van der Waals surface area contributed by atoms with E-state index in [0.29, 0.717) is 22.2 Å². The number of amides is 1. The van der Waals surface area contributed by atoms with E-state index < -0.39 is 5.91 Å². The zero-order valence-corrected chi connectivity index (χ0v) is 18.0. The minimum atomic E-state index is -0.442. The summed E-state index contributed by atoms with van der Waals surface area (Å²) in [7, 11) is 0. The number of halogens is 2. The highest BCUT2D eigenvalue weighted by Crippen LogP contribution is 2.35. The molecule has 1 amide bonds. The van der Waals surface area contributed by atoms with Crippen LogP contribution in [-0.2, 0) is 6.54 Å². The van der Waals surface area contributed by atoms with Gasteiger partial charge in [0.15, 0.2) is 0 Å². The van der Waals surface area contributed by atoms with Gasteiger partial charge >= 0.3 is 0 Å². The molecule has 0 saturated heterocycles. The average Bonchev–Trinajstić information content (AvgIpc) is 3.06. The number of nitrogens with two attached hydrogens (primary N) is 1. The smallest absolute Gasteiger partial charge is 0.249 e. The second kappa shape index (κ2) is 7.77. The molecular formula is C26H18Cl2N2O. The Morgan fingerprint density at radius 2 is 1.52 bits per heavy atom. The van der Waals surface area contributed by atoms with Crippen molar-refractivity contribution in [3.8, 4) is 11.1 Å². The quantitative estimate of drug-likeness (QED) is 0.321. The molecular weight excluding hydrogens is 427 g/mol. The lowest BCUT2D eigenvalue weighted by Gasteiger charge is -2.10. The molecule has 0 fully saturated rings. The molecule has 0 aliphatic carbocycles. The summed E-state index contributed by atoms with van der Waals surface area (Å²) in [5.41, 5.74) is 11.4. The van der Waals surface area contributed by atoms with E-state index in [4.69, 9.17) is 28.9 Å².